The minimum Gasteiger partial charge on any atom is -0.325 e. The van der Waals surface area contributed by atoms with E-state index in [2.05, 4.69) is 27.7 Å². The van der Waals surface area contributed by atoms with Gasteiger partial charge in [0.2, 0.25) is 0 Å². The molecular formula is C15H31F5NO3S+. The Morgan fingerprint density at radius 2 is 1.12 bits per heavy atom. The van der Waals surface area contributed by atoms with E-state index in [-0.39, 0.29) is 12.8 Å². The van der Waals surface area contributed by atoms with Gasteiger partial charge in [-0.2, -0.15) is 30.4 Å². The quantitative estimate of drug-likeness (QED) is 0.247. The Balaban J connectivity index is 0. The Morgan fingerprint density at radius 3 is 1.36 bits per heavy atom. The molecule has 0 aliphatic rings. The van der Waals surface area contributed by atoms with Crippen LogP contribution in [0, 0.1) is 0 Å². The molecule has 0 bridgehead atoms. The first-order chi connectivity index (χ1) is 11.2. The molecule has 0 rings (SSSR count). The van der Waals surface area contributed by atoms with E-state index in [4.69, 9.17) is 4.55 Å². The van der Waals surface area contributed by atoms with Gasteiger partial charge in [0.05, 0.1) is 26.2 Å². The van der Waals surface area contributed by atoms with Gasteiger partial charge in [0.1, 0.15) is 0 Å². The fourth-order valence-electron chi connectivity index (χ4n) is 2.30. The van der Waals surface area contributed by atoms with Gasteiger partial charge in [-0.1, -0.05) is 6.42 Å². The van der Waals surface area contributed by atoms with Gasteiger partial charge in [0.25, 0.3) is 0 Å². The number of nitrogens with zero attached hydrogens (tertiary/aromatic N) is 1. The molecule has 0 amide bonds. The second-order valence-corrected chi connectivity index (χ2v) is 7.44. The predicted molar refractivity (Wildman–Crippen MR) is 88.1 cm³/mol. The molecule has 154 valence electrons. The minimum absolute atomic E-state index is 0.176. The molecule has 0 unspecified atom stereocenters. The fraction of sp³-hybridized carbons (Fsp3) is 1.00. The van der Waals surface area contributed by atoms with E-state index in [1.165, 1.54) is 30.7 Å². The maximum Gasteiger partial charge on any atom is 0.389 e. The van der Waals surface area contributed by atoms with E-state index in [1.54, 1.807) is 0 Å². The van der Waals surface area contributed by atoms with Gasteiger partial charge in [-0.3, -0.25) is 4.55 Å². The summed E-state index contributed by atoms with van der Waals surface area (Å²) in [6.07, 6.45) is -7.53. The first kappa shape index (κ1) is 26.7. The number of halogens is 5. The standard InChI is InChI=1S/C8H20N.C7H11F5O3S/c1-5-9(6-2,7-3)8-4;8-6(9,10)4-2-1-3-5-7(11,12)16(13,14)15/h5-8H2,1-4H3;1-5H2,(H,13,14,15)/q+1;. The highest BCUT2D eigenvalue weighted by Gasteiger charge is 2.43. The van der Waals surface area contributed by atoms with Crippen molar-refractivity contribution in [1.29, 1.82) is 0 Å². The zero-order chi connectivity index (χ0) is 20.4. The number of hydrogen-bond donors (Lipinski definition) is 1. The predicted octanol–water partition coefficient (Wildman–Crippen LogP) is 4.86. The van der Waals surface area contributed by atoms with Crippen LogP contribution in [0.2, 0.25) is 0 Å². The largest absolute Gasteiger partial charge is 0.389 e. The van der Waals surface area contributed by atoms with E-state index in [9.17, 15) is 30.4 Å². The van der Waals surface area contributed by atoms with Crippen LogP contribution in [-0.2, 0) is 10.1 Å². The van der Waals surface area contributed by atoms with Gasteiger partial charge in [-0.05, 0) is 40.5 Å². The van der Waals surface area contributed by atoms with E-state index in [1.807, 2.05) is 0 Å². The Morgan fingerprint density at radius 1 is 0.760 bits per heavy atom. The summed E-state index contributed by atoms with van der Waals surface area (Å²) in [6, 6.07) is 0. The van der Waals surface area contributed by atoms with Gasteiger partial charge >= 0.3 is 21.5 Å². The Kier molecular flexibility index (Phi) is 12.1. The molecule has 0 aliphatic heterocycles. The van der Waals surface area contributed by atoms with Gasteiger partial charge < -0.3 is 4.48 Å². The van der Waals surface area contributed by atoms with Crippen molar-refractivity contribution in [3.8, 4) is 0 Å². The molecule has 0 spiro atoms. The molecule has 10 heteroatoms. The average Bonchev–Trinajstić information content (AvgIpc) is 2.48. The summed E-state index contributed by atoms with van der Waals surface area (Å²) in [4.78, 5) is 0. The molecule has 0 atom stereocenters. The number of quaternary nitrogens is 1. The third-order valence-corrected chi connectivity index (χ3v) is 5.45. The molecule has 0 fully saturated rings. The lowest BCUT2D eigenvalue weighted by molar-refractivity contribution is -0.921. The smallest absolute Gasteiger partial charge is 0.325 e. The fourth-order valence-corrected chi connectivity index (χ4v) is 2.71. The Bertz CT molecular complexity index is 431. The monoisotopic (exact) mass is 400 g/mol. The lowest BCUT2D eigenvalue weighted by atomic mass is 10.1. The van der Waals surface area contributed by atoms with Crippen LogP contribution in [0.1, 0.15) is 59.8 Å². The van der Waals surface area contributed by atoms with Gasteiger partial charge in [-0.15, -0.1) is 0 Å². The third-order valence-electron chi connectivity index (χ3n) is 4.49. The molecule has 0 aromatic heterocycles. The summed E-state index contributed by atoms with van der Waals surface area (Å²) in [5, 5.41) is -4.29. The summed E-state index contributed by atoms with van der Waals surface area (Å²) < 4.78 is 89.5. The second kappa shape index (κ2) is 11.3. The first-order valence-corrected chi connectivity index (χ1v) is 9.91. The molecule has 0 saturated heterocycles. The van der Waals surface area contributed by atoms with Crippen LogP contribution in [0.4, 0.5) is 22.0 Å². The first-order valence-electron chi connectivity index (χ1n) is 8.47. The van der Waals surface area contributed by atoms with Crippen LogP contribution in [0.25, 0.3) is 0 Å². The van der Waals surface area contributed by atoms with Crippen LogP contribution in [0.5, 0.6) is 0 Å². The summed E-state index contributed by atoms with van der Waals surface area (Å²) in [5.74, 6) is 0. The Labute approximate surface area is 147 Å². The van der Waals surface area contributed by atoms with Crippen molar-refractivity contribution in [2.45, 2.75) is 71.2 Å². The van der Waals surface area contributed by atoms with Gasteiger partial charge in [-0.25, -0.2) is 0 Å². The topological polar surface area (TPSA) is 54.4 Å². The molecule has 0 heterocycles. The lowest BCUT2D eigenvalue weighted by Crippen LogP contribution is -2.47. The average molecular weight is 400 g/mol. The van der Waals surface area contributed by atoms with Crippen LogP contribution in [-0.4, -0.2) is 55.1 Å². The maximum absolute atomic E-state index is 12.5. The third kappa shape index (κ3) is 11.7. The van der Waals surface area contributed by atoms with E-state index in [0.29, 0.717) is 0 Å². The molecule has 1 N–H and O–H groups in total. The van der Waals surface area contributed by atoms with Crippen molar-refractivity contribution in [2.24, 2.45) is 0 Å². The highest BCUT2D eigenvalue weighted by atomic mass is 32.2. The number of alkyl halides is 5. The minimum atomic E-state index is -5.47. The van der Waals surface area contributed by atoms with Crippen molar-refractivity contribution in [1.82, 2.24) is 0 Å². The van der Waals surface area contributed by atoms with Gasteiger partial charge in [0.15, 0.2) is 0 Å². The summed E-state index contributed by atoms with van der Waals surface area (Å²) in [5.41, 5.74) is 0. The van der Waals surface area contributed by atoms with Crippen molar-refractivity contribution < 1.29 is 39.4 Å². The van der Waals surface area contributed by atoms with Crippen molar-refractivity contribution >= 4 is 10.1 Å². The second-order valence-electron chi connectivity index (χ2n) is 5.89. The number of unbranched alkanes of at least 4 members (excludes halogenated alkanes) is 2. The van der Waals surface area contributed by atoms with Crippen LogP contribution in [0.3, 0.4) is 0 Å². The molecule has 0 aromatic carbocycles. The van der Waals surface area contributed by atoms with Crippen molar-refractivity contribution in [3.63, 3.8) is 0 Å². The molecule has 0 aromatic rings. The molecule has 0 saturated carbocycles. The number of hydrogen-bond acceptors (Lipinski definition) is 2. The van der Waals surface area contributed by atoms with Gasteiger partial charge in [0, 0.05) is 12.8 Å². The zero-order valence-electron chi connectivity index (χ0n) is 15.4. The molecule has 0 aliphatic carbocycles. The van der Waals surface area contributed by atoms with Crippen molar-refractivity contribution in [3.05, 3.63) is 0 Å². The molecule has 4 nitrogen and oxygen atoms in total. The van der Waals surface area contributed by atoms with Crippen molar-refractivity contribution in [2.75, 3.05) is 26.2 Å². The molecule has 25 heavy (non-hydrogen) atoms. The van der Waals surface area contributed by atoms with Crippen LogP contribution < -0.4 is 0 Å². The van der Waals surface area contributed by atoms with Crippen LogP contribution in [0.15, 0.2) is 0 Å². The van der Waals surface area contributed by atoms with E-state index in [0.717, 1.165) is 0 Å². The zero-order valence-corrected chi connectivity index (χ0v) is 16.2. The maximum atomic E-state index is 12.5. The summed E-state index contributed by atoms with van der Waals surface area (Å²) in [6.45, 7) is 14.2. The normalized spacial score (nSPS) is 13.4. The molecular weight excluding hydrogens is 369 g/mol. The highest BCUT2D eigenvalue weighted by Crippen LogP contribution is 2.28. The summed E-state index contributed by atoms with van der Waals surface area (Å²) in [7, 11) is -5.47. The van der Waals surface area contributed by atoms with Crippen LogP contribution >= 0.6 is 0 Å². The molecule has 0 radical (unpaired) electrons. The lowest BCUT2D eigenvalue weighted by Gasteiger charge is -2.34. The SMILES string of the molecule is CC[N+](CC)(CC)CC.O=S(=O)(O)C(F)(F)CCCCCC(F)(F)F. The van der Waals surface area contributed by atoms with E-state index >= 15 is 0 Å². The summed E-state index contributed by atoms with van der Waals surface area (Å²) >= 11 is 0. The number of rotatable bonds is 10. The Hall–Kier alpha value is -0.480. The van der Waals surface area contributed by atoms with E-state index < -0.39 is 40.8 Å². The highest BCUT2D eigenvalue weighted by molar-refractivity contribution is 7.86.